The second kappa shape index (κ2) is 13.6. The van der Waals surface area contributed by atoms with Crippen molar-refractivity contribution < 1.29 is 14.3 Å². The quantitative estimate of drug-likeness (QED) is 0.298. The van der Waals surface area contributed by atoms with Crippen LogP contribution in [-0.2, 0) is 6.42 Å². The Bertz CT molecular complexity index is 574. The van der Waals surface area contributed by atoms with Crippen LogP contribution in [0.1, 0.15) is 113 Å². The fourth-order valence-electron chi connectivity index (χ4n) is 3.18. The first kappa shape index (κ1) is 22.5. The molecular formula is C22H36O4. The van der Waals surface area contributed by atoms with Gasteiger partial charge in [-0.1, -0.05) is 78.1 Å². The zero-order valence-electron chi connectivity index (χ0n) is 16.6. The van der Waals surface area contributed by atoms with Crippen LogP contribution in [0.2, 0.25) is 0 Å². The van der Waals surface area contributed by atoms with E-state index in [2.05, 4.69) is 13.8 Å². The summed E-state index contributed by atoms with van der Waals surface area (Å²) in [5.41, 5.74) is -0.868. The topological polar surface area (TPSA) is 67.5 Å². The third-order valence-corrected chi connectivity index (χ3v) is 4.79. The van der Waals surface area contributed by atoms with E-state index in [0.29, 0.717) is 18.6 Å². The van der Waals surface area contributed by atoms with Crippen LogP contribution in [0.25, 0.3) is 0 Å². The van der Waals surface area contributed by atoms with Crippen LogP contribution >= 0.6 is 0 Å². The van der Waals surface area contributed by atoms with Gasteiger partial charge in [0.1, 0.15) is 17.1 Å². The molecule has 4 heteroatoms. The van der Waals surface area contributed by atoms with Gasteiger partial charge in [-0.3, -0.25) is 4.79 Å². The lowest BCUT2D eigenvalue weighted by molar-refractivity contribution is 0.0971. The molecule has 0 saturated heterocycles. The number of hydrogen-bond donors (Lipinski definition) is 1. The average molecular weight is 365 g/mol. The van der Waals surface area contributed by atoms with Gasteiger partial charge in [-0.25, -0.2) is 4.79 Å². The lowest BCUT2D eigenvalue weighted by Crippen LogP contribution is -2.15. The van der Waals surface area contributed by atoms with Crippen molar-refractivity contribution in [2.75, 3.05) is 0 Å². The van der Waals surface area contributed by atoms with E-state index in [-0.39, 0.29) is 17.1 Å². The molecule has 0 saturated carbocycles. The smallest absolute Gasteiger partial charge is 0.350 e. The molecule has 1 aromatic heterocycles. The molecule has 1 heterocycles. The number of Topliss-reactive ketones (excluding diaryl/α,β-unsaturated/α-hetero) is 1. The summed E-state index contributed by atoms with van der Waals surface area (Å²) >= 11 is 0. The van der Waals surface area contributed by atoms with Crippen LogP contribution in [0, 0.1) is 0 Å². The zero-order chi connectivity index (χ0) is 19.2. The predicted octanol–water partition coefficient (Wildman–Crippen LogP) is 6.18. The van der Waals surface area contributed by atoms with Gasteiger partial charge in [0.2, 0.25) is 0 Å². The maximum atomic E-state index is 12.2. The van der Waals surface area contributed by atoms with Crippen molar-refractivity contribution in [3.63, 3.8) is 0 Å². The Morgan fingerprint density at radius 3 is 2.00 bits per heavy atom. The van der Waals surface area contributed by atoms with E-state index in [1.165, 1.54) is 51.0 Å². The van der Waals surface area contributed by atoms with Gasteiger partial charge >= 0.3 is 5.63 Å². The van der Waals surface area contributed by atoms with Crippen molar-refractivity contribution in [1.29, 1.82) is 0 Å². The van der Waals surface area contributed by atoms with E-state index in [9.17, 15) is 14.7 Å². The summed E-state index contributed by atoms with van der Waals surface area (Å²) in [4.78, 5) is 24.3. The van der Waals surface area contributed by atoms with Crippen LogP contribution in [0.4, 0.5) is 0 Å². The minimum atomic E-state index is -0.693. The zero-order valence-corrected chi connectivity index (χ0v) is 16.6. The van der Waals surface area contributed by atoms with E-state index in [1.807, 2.05) is 0 Å². The number of aromatic hydroxyl groups is 1. The minimum absolute atomic E-state index is 0.176. The summed E-state index contributed by atoms with van der Waals surface area (Å²) in [6.07, 6.45) is 14.3. The van der Waals surface area contributed by atoms with Crippen molar-refractivity contribution in [1.82, 2.24) is 0 Å². The molecule has 26 heavy (non-hydrogen) atoms. The standard InChI is InChI=1S/C22H36O4/c1-3-5-7-9-11-13-15-18-17-20(24)21(22(25)26-18)19(23)16-14-12-10-8-6-4-2/h17,24H,3-16H2,1-2H3. The molecule has 0 aliphatic carbocycles. The van der Waals surface area contributed by atoms with Gasteiger partial charge in [0.15, 0.2) is 5.78 Å². The predicted molar refractivity (Wildman–Crippen MR) is 106 cm³/mol. The first-order valence-corrected chi connectivity index (χ1v) is 10.5. The molecule has 0 amide bonds. The van der Waals surface area contributed by atoms with Gasteiger partial charge in [-0.05, 0) is 12.8 Å². The number of aryl methyl sites for hydroxylation is 1. The van der Waals surface area contributed by atoms with E-state index < -0.39 is 5.63 Å². The molecule has 1 aromatic rings. The molecule has 0 aliphatic heterocycles. The summed E-state index contributed by atoms with van der Waals surface area (Å²) in [5, 5.41) is 10.1. The maximum Gasteiger partial charge on any atom is 0.350 e. The normalized spacial score (nSPS) is 11.0. The van der Waals surface area contributed by atoms with Crippen LogP contribution in [0.5, 0.6) is 5.75 Å². The van der Waals surface area contributed by atoms with Crippen molar-refractivity contribution in [2.24, 2.45) is 0 Å². The van der Waals surface area contributed by atoms with Crippen molar-refractivity contribution >= 4 is 5.78 Å². The number of unbranched alkanes of at least 4 members (excludes halogenated alkanes) is 10. The molecule has 148 valence electrons. The number of rotatable bonds is 15. The summed E-state index contributed by atoms with van der Waals surface area (Å²) in [7, 11) is 0. The van der Waals surface area contributed by atoms with Gasteiger partial charge in [-0.2, -0.15) is 0 Å². The van der Waals surface area contributed by atoms with E-state index >= 15 is 0 Å². The molecule has 0 radical (unpaired) electrons. The van der Waals surface area contributed by atoms with E-state index in [1.54, 1.807) is 0 Å². The number of carbonyl (C=O) groups excluding carboxylic acids is 1. The average Bonchev–Trinajstić information content (AvgIpc) is 2.60. The van der Waals surface area contributed by atoms with E-state index in [4.69, 9.17) is 4.42 Å². The van der Waals surface area contributed by atoms with Crippen molar-refractivity contribution in [2.45, 2.75) is 104 Å². The highest BCUT2D eigenvalue weighted by Crippen LogP contribution is 2.20. The molecule has 0 bridgehead atoms. The van der Waals surface area contributed by atoms with Crippen LogP contribution in [-0.4, -0.2) is 10.9 Å². The third kappa shape index (κ3) is 8.68. The summed E-state index contributed by atoms with van der Waals surface area (Å²) in [6.45, 7) is 4.36. The highest BCUT2D eigenvalue weighted by molar-refractivity contribution is 5.97. The van der Waals surface area contributed by atoms with Crippen LogP contribution in [0.15, 0.2) is 15.3 Å². The molecule has 0 spiro atoms. The largest absolute Gasteiger partial charge is 0.507 e. The summed E-state index contributed by atoms with van der Waals surface area (Å²) in [6, 6.07) is 1.45. The van der Waals surface area contributed by atoms with Gasteiger partial charge in [0.05, 0.1) is 0 Å². The molecule has 0 aromatic carbocycles. The van der Waals surface area contributed by atoms with E-state index in [0.717, 1.165) is 32.1 Å². The van der Waals surface area contributed by atoms with Crippen LogP contribution < -0.4 is 5.63 Å². The Labute approximate surface area is 158 Å². The van der Waals surface area contributed by atoms with Crippen molar-refractivity contribution in [3.05, 3.63) is 27.8 Å². The molecular weight excluding hydrogens is 328 g/mol. The number of carbonyl (C=O) groups is 1. The lowest BCUT2D eigenvalue weighted by Gasteiger charge is -2.06. The third-order valence-electron chi connectivity index (χ3n) is 4.79. The Morgan fingerprint density at radius 2 is 1.42 bits per heavy atom. The lowest BCUT2D eigenvalue weighted by atomic mass is 10.0. The SMILES string of the molecule is CCCCCCCCC(=O)c1c(O)cc(CCCCCCCC)oc1=O. The first-order chi connectivity index (χ1) is 12.6. The van der Waals surface area contributed by atoms with Crippen LogP contribution in [0.3, 0.4) is 0 Å². The second-order valence-corrected chi connectivity index (χ2v) is 7.22. The number of ketones is 1. The Morgan fingerprint density at radius 1 is 0.885 bits per heavy atom. The summed E-state index contributed by atoms with van der Waals surface area (Å²) < 4.78 is 5.26. The first-order valence-electron chi connectivity index (χ1n) is 10.5. The fourth-order valence-corrected chi connectivity index (χ4v) is 3.18. The molecule has 0 fully saturated rings. The molecule has 0 aliphatic rings. The molecule has 1 N–H and O–H groups in total. The Hall–Kier alpha value is -1.58. The van der Waals surface area contributed by atoms with Gasteiger partial charge in [-0.15, -0.1) is 0 Å². The maximum absolute atomic E-state index is 12.2. The minimum Gasteiger partial charge on any atom is -0.507 e. The van der Waals surface area contributed by atoms with Crippen molar-refractivity contribution in [3.8, 4) is 5.75 Å². The second-order valence-electron chi connectivity index (χ2n) is 7.22. The monoisotopic (exact) mass is 364 g/mol. The Kier molecular flexibility index (Phi) is 11.7. The highest BCUT2D eigenvalue weighted by atomic mass is 16.4. The molecule has 4 nitrogen and oxygen atoms in total. The fraction of sp³-hybridized carbons (Fsp3) is 0.727. The van der Waals surface area contributed by atoms with Gasteiger partial charge in [0.25, 0.3) is 0 Å². The van der Waals surface area contributed by atoms with Gasteiger partial charge < -0.3 is 9.52 Å². The molecule has 0 unspecified atom stereocenters. The van der Waals surface area contributed by atoms with Gasteiger partial charge in [0, 0.05) is 18.9 Å². The summed E-state index contributed by atoms with van der Waals surface area (Å²) in [5.74, 6) is -0.0600. The molecule has 1 rings (SSSR count). The number of hydrogen-bond acceptors (Lipinski definition) is 4. The highest BCUT2D eigenvalue weighted by Gasteiger charge is 2.18. The molecule has 0 atom stereocenters. The Balaban J connectivity index is 2.45.